The summed E-state index contributed by atoms with van der Waals surface area (Å²) < 4.78 is 30.9. The second-order valence-electron chi connectivity index (χ2n) is 6.55. The minimum Gasteiger partial charge on any atom is -0.494 e. The van der Waals surface area contributed by atoms with Crippen LogP contribution in [0.25, 0.3) is 0 Å². The first-order valence-corrected chi connectivity index (χ1v) is 10.6. The molecule has 0 spiro atoms. The molecule has 7 heteroatoms. The molecule has 6 nitrogen and oxygen atoms in total. The molecule has 2 aromatic carbocycles. The second kappa shape index (κ2) is 8.45. The first kappa shape index (κ1) is 20.5. The van der Waals surface area contributed by atoms with Gasteiger partial charge in [0.2, 0.25) is 9.84 Å². The lowest BCUT2D eigenvalue weighted by molar-refractivity contribution is 0.102. The van der Waals surface area contributed by atoms with Crippen molar-refractivity contribution in [3.05, 3.63) is 77.5 Å². The monoisotopic (exact) mass is 410 g/mol. The average molecular weight is 410 g/mol. The number of hydrogen-bond acceptors (Lipinski definition) is 5. The molecular weight excluding hydrogens is 388 g/mol. The van der Waals surface area contributed by atoms with Crippen molar-refractivity contribution in [2.45, 2.75) is 30.7 Å². The van der Waals surface area contributed by atoms with E-state index in [1.54, 1.807) is 42.5 Å². The van der Waals surface area contributed by atoms with Crippen molar-refractivity contribution in [1.82, 2.24) is 4.98 Å². The van der Waals surface area contributed by atoms with Crippen molar-refractivity contribution < 1.29 is 17.9 Å². The van der Waals surface area contributed by atoms with Crippen molar-refractivity contribution in [3.63, 3.8) is 0 Å². The van der Waals surface area contributed by atoms with Crippen molar-refractivity contribution in [1.29, 1.82) is 0 Å². The molecule has 1 N–H and O–H groups in total. The summed E-state index contributed by atoms with van der Waals surface area (Å²) in [5.41, 5.74) is 2.76. The number of carbonyl (C=O) groups is 1. The second-order valence-corrected chi connectivity index (χ2v) is 8.44. The Balaban J connectivity index is 1.76. The number of aryl methyl sites for hydroxylation is 2. The standard InChI is InChI=1S/C22H22N2O4S/c1-4-28-19-9-7-18(8-10-19)24-22(25)17-6-12-21(23-14-17)29(26,27)20-11-5-15(2)16(3)13-20/h5-14H,4H2,1-3H3,(H,24,25). The molecule has 0 saturated heterocycles. The number of carbonyl (C=O) groups excluding carboxylic acids is 1. The number of nitrogens with one attached hydrogen (secondary N) is 1. The van der Waals surface area contributed by atoms with Gasteiger partial charge in [-0.05, 0) is 80.4 Å². The molecule has 150 valence electrons. The number of aromatic nitrogens is 1. The molecule has 0 aliphatic carbocycles. The number of pyridine rings is 1. The van der Waals surface area contributed by atoms with Crippen LogP contribution in [0.1, 0.15) is 28.4 Å². The molecule has 0 unspecified atom stereocenters. The third-order valence-corrected chi connectivity index (χ3v) is 6.15. The zero-order valence-corrected chi connectivity index (χ0v) is 17.3. The van der Waals surface area contributed by atoms with Gasteiger partial charge < -0.3 is 10.1 Å². The molecule has 0 aliphatic rings. The molecule has 1 aromatic heterocycles. The van der Waals surface area contributed by atoms with Gasteiger partial charge in [0.25, 0.3) is 5.91 Å². The first-order chi connectivity index (χ1) is 13.8. The zero-order chi connectivity index (χ0) is 21.0. The molecule has 29 heavy (non-hydrogen) atoms. The van der Waals surface area contributed by atoms with Crippen LogP contribution in [0.3, 0.4) is 0 Å². The lowest BCUT2D eigenvalue weighted by Gasteiger charge is -2.09. The highest BCUT2D eigenvalue weighted by molar-refractivity contribution is 7.91. The lowest BCUT2D eigenvalue weighted by atomic mass is 10.1. The number of rotatable bonds is 6. The molecule has 0 bridgehead atoms. The van der Waals surface area contributed by atoms with Crippen molar-refractivity contribution in [2.75, 3.05) is 11.9 Å². The van der Waals surface area contributed by atoms with Gasteiger partial charge in [-0.2, -0.15) is 0 Å². The van der Waals surface area contributed by atoms with Crippen molar-refractivity contribution >= 4 is 21.4 Å². The summed E-state index contributed by atoms with van der Waals surface area (Å²) in [5, 5.41) is 2.65. The third-order valence-electron chi connectivity index (χ3n) is 4.49. The Bertz CT molecular complexity index is 1120. The SMILES string of the molecule is CCOc1ccc(NC(=O)c2ccc(S(=O)(=O)c3ccc(C)c(C)c3)nc2)cc1. The Morgan fingerprint density at radius 3 is 2.31 bits per heavy atom. The Hall–Kier alpha value is -3.19. The topological polar surface area (TPSA) is 85.4 Å². The van der Waals surface area contributed by atoms with E-state index >= 15 is 0 Å². The maximum absolute atomic E-state index is 12.8. The Morgan fingerprint density at radius 2 is 1.72 bits per heavy atom. The van der Waals surface area contributed by atoms with E-state index in [9.17, 15) is 13.2 Å². The summed E-state index contributed by atoms with van der Waals surface area (Å²) in [4.78, 5) is 16.6. The van der Waals surface area contributed by atoms with Crippen molar-refractivity contribution in [2.24, 2.45) is 0 Å². The fourth-order valence-electron chi connectivity index (χ4n) is 2.68. The van der Waals surface area contributed by atoms with Crippen LogP contribution < -0.4 is 10.1 Å². The van der Waals surface area contributed by atoms with E-state index < -0.39 is 9.84 Å². The summed E-state index contributed by atoms with van der Waals surface area (Å²) in [6, 6.07) is 14.7. The Morgan fingerprint density at radius 1 is 1.00 bits per heavy atom. The molecule has 0 aliphatic heterocycles. The molecule has 0 atom stereocenters. The molecular formula is C22H22N2O4S. The lowest BCUT2D eigenvalue weighted by Crippen LogP contribution is -2.13. The Kier molecular flexibility index (Phi) is 5.98. The minimum absolute atomic E-state index is 0.0987. The minimum atomic E-state index is -3.75. The van der Waals surface area contributed by atoms with Crippen LogP contribution in [0.5, 0.6) is 5.75 Å². The molecule has 1 amide bonds. The number of benzene rings is 2. The first-order valence-electron chi connectivity index (χ1n) is 9.14. The third kappa shape index (κ3) is 4.63. The van der Waals surface area contributed by atoms with Gasteiger partial charge in [0, 0.05) is 11.9 Å². The van der Waals surface area contributed by atoms with Crippen LogP contribution >= 0.6 is 0 Å². The normalized spacial score (nSPS) is 11.1. The largest absolute Gasteiger partial charge is 0.494 e. The summed E-state index contributed by atoms with van der Waals surface area (Å²) in [5.74, 6) is 0.338. The van der Waals surface area contributed by atoms with Gasteiger partial charge in [0.1, 0.15) is 5.75 Å². The van der Waals surface area contributed by atoms with Crippen LogP contribution in [0.2, 0.25) is 0 Å². The van der Waals surface area contributed by atoms with E-state index in [-0.39, 0.29) is 21.4 Å². The van der Waals surface area contributed by atoms with Gasteiger partial charge in [-0.1, -0.05) is 6.07 Å². The van der Waals surface area contributed by atoms with Gasteiger partial charge in [0.05, 0.1) is 17.1 Å². The maximum atomic E-state index is 12.8. The predicted molar refractivity (Wildman–Crippen MR) is 111 cm³/mol. The number of anilines is 1. The summed E-state index contributed by atoms with van der Waals surface area (Å²) in [6.07, 6.45) is 1.26. The van der Waals surface area contributed by atoms with Gasteiger partial charge in [0.15, 0.2) is 5.03 Å². The van der Waals surface area contributed by atoms with Crippen LogP contribution in [0.4, 0.5) is 5.69 Å². The van der Waals surface area contributed by atoms with E-state index in [0.717, 1.165) is 11.1 Å². The molecule has 0 saturated carbocycles. The molecule has 1 heterocycles. The summed E-state index contributed by atoms with van der Waals surface area (Å²) in [7, 11) is -3.75. The van der Waals surface area contributed by atoms with Gasteiger partial charge in [-0.3, -0.25) is 4.79 Å². The van der Waals surface area contributed by atoms with Crippen LogP contribution in [-0.4, -0.2) is 25.9 Å². The van der Waals surface area contributed by atoms with E-state index in [4.69, 9.17) is 4.74 Å². The van der Waals surface area contributed by atoms with Crippen LogP contribution in [0, 0.1) is 13.8 Å². The van der Waals surface area contributed by atoms with E-state index in [1.807, 2.05) is 20.8 Å². The highest BCUT2D eigenvalue weighted by Gasteiger charge is 2.20. The number of sulfone groups is 1. The maximum Gasteiger partial charge on any atom is 0.257 e. The highest BCUT2D eigenvalue weighted by Crippen LogP contribution is 2.22. The quantitative estimate of drug-likeness (QED) is 0.659. The van der Waals surface area contributed by atoms with E-state index in [2.05, 4.69) is 10.3 Å². The number of nitrogens with zero attached hydrogens (tertiary/aromatic N) is 1. The molecule has 0 radical (unpaired) electrons. The van der Waals surface area contributed by atoms with Gasteiger partial charge in [-0.15, -0.1) is 0 Å². The summed E-state index contributed by atoms with van der Waals surface area (Å²) >= 11 is 0. The van der Waals surface area contributed by atoms with Crippen molar-refractivity contribution in [3.8, 4) is 5.75 Å². The van der Waals surface area contributed by atoms with E-state index in [1.165, 1.54) is 18.3 Å². The molecule has 3 aromatic rings. The highest BCUT2D eigenvalue weighted by atomic mass is 32.2. The average Bonchev–Trinajstić information content (AvgIpc) is 2.71. The fraction of sp³-hybridized carbons (Fsp3) is 0.182. The summed E-state index contributed by atoms with van der Waals surface area (Å²) in [6.45, 7) is 6.24. The number of amides is 1. The van der Waals surface area contributed by atoms with Crippen LogP contribution in [-0.2, 0) is 9.84 Å². The number of ether oxygens (including phenoxy) is 1. The predicted octanol–water partition coefficient (Wildman–Crippen LogP) is 4.18. The van der Waals surface area contributed by atoms with E-state index in [0.29, 0.717) is 18.0 Å². The number of hydrogen-bond donors (Lipinski definition) is 1. The van der Waals surface area contributed by atoms with Gasteiger partial charge >= 0.3 is 0 Å². The zero-order valence-electron chi connectivity index (χ0n) is 16.5. The molecule has 0 fully saturated rings. The fourth-order valence-corrected chi connectivity index (χ4v) is 3.94. The molecule has 3 rings (SSSR count). The van der Waals surface area contributed by atoms with Crippen LogP contribution in [0.15, 0.2) is 70.7 Å². The Labute approximate surface area is 170 Å². The smallest absolute Gasteiger partial charge is 0.257 e. The van der Waals surface area contributed by atoms with Gasteiger partial charge in [-0.25, -0.2) is 13.4 Å².